The number of nitrogen functional groups attached to an aromatic ring is 2. The smallest absolute Gasteiger partial charge is 0.170 e. The fourth-order valence-electron chi connectivity index (χ4n) is 6.43. The van der Waals surface area contributed by atoms with E-state index in [-0.39, 0.29) is 0 Å². The van der Waals surface area contributed by atoms with E-state index in [2.05, 4.69) is 0 Å². The molecule has 9 rings (SSSR count). The molecule has 0 bridgehead atoms. The molecule has 0 aliphatic carbocycles. The van der Waals surface area contributed by atoms with Gasteiger partial charge >= 0.3 is 0 Å². The first-order valence-electron chi connectivity index (χ1n) is 20.3. The van der Waals surface area contributed by atoms with E-state index in [0.717, 1.165) is 0 Å². The van der Waals surface area contributed by atoms with Crippen LogP contribution in [0.4, 0.5) is 11.4 Å². The molecule has 0 radical (unpaired) electrons. The maximum Gasteiger partial charge on any atom is 0.170 e. The molecule has 314 valence electrons. The zero-order chi connectivity index (χ0) is 43.5. The lowest BCUT2D eigenvalue weighted by Gasteiger charge is -2.17. The summed E-state index contributed by atoms with van der Waals surface area (Å²) < 4.78 is 50.8. The number of hydrogen-bond acceptors (Lipinski definition) is 10. The van der Waals surface area contributed by atoms with E-state index in [4.69, 9.17) is 49.4 Å². The number of anilines is 2. The van der Waals surface area contributed by atoms with E-state index in [9.17, 15) is 0 Å². The van der Waals surface area contributed by atoms with Crippen LogP contribution >= 0.6 is 0 Å². The van der Waals surface area contributed by atoms with Gasteiger partial charge in [-0.05, 0) is 109 Å². The summed E-state index contributed by atoms with van der Waals surface area (Å²) in [6.07, 6.45) is 0. The van der Waals surface area contributed by atoms with Crippen molar-refractivity contribution in [1.82, 2.24) is 0 Å². The van der Waals surface area contributed by atoms with Crippen molar-refractivity contribution in [1.29, 1.82) is 0 Å². The number of ether oxygens (including phenoxy) is 8. The number of benzene rings is 9. The van der Waals surface area contributed by atoms with Gasteiger partial charge in [-0.1, -0.05) is 103 Å². The van der Waals surface area contributed by atoms with Gasteiger partial charge < -0.3 is 49.4 Å². The Hall–Kier alpha value is -9.02. The number of rotatable bonds is 16. The van der Waals surface area contributed by atoms with Gasteiger partial charge in [0, 0.05) is 6.07 Å². The molecule has 0 aromatic heterocycles. The summed E-state index contributed by atoms with van der Waals surface area (Å²) >= 11 is 0. The van der Waals surface area contributed by atoms with E-state index >= 15 is 0 Å². The summed E-state index contributed by atoms with van der Waals surface area (Å²) in [4.78, 5) is 0. The van der Waals surface area contributed by atoms with Crippen LogP contribution in [0.3, 0.4) is 0 Å². The fraction of sp³-hybridized carbons (Fsp3) is 0. The molecule has 64 heavy (non-hydrogen) atoms. The third-order valence-electron chi connectivity index (χ3n) is 9.51. The summed E-state index contributed by atoms with van der Waals surface area (Å²) in [6.45, 7) is 0. The van der Waals surface area contributed by atoms with Crippen LogP contribution in [-0.2, 0) is 0 Å². The Morgan fingerprint density at radius 2 is 0.375 bits per heavy atom. The van der Waals surface area contributed by atoms with E-state index in [0.29, 0.717) is 103 Å². The van der Waals surface area contributed by atoms with E-state index in [1.165, 1.54) is 0 Å². The Kier molecular flexibility index (Phi) is 12.1. The van der Waals surface area contributed by atoms with Gasteiger partial charge in [-0.3, -0.25) is 0 Å². The second kappa shape index (κ2) is 19.1. The quantitative estimate of drug-likeness (QED) is 0.0908. The summed E-state index contributed by atoms with van der Waals surface area (Å²) in [5.41, 5.74) is 13.3. The predicted octanol–water partition coefficient (Wildman–Crippen LogP) is 15.2. The van der Waals surface area contributed by atoms with Gasteiger partial charge in [-0.15, -0.1) is 0 Å². The minimum atomic E-state index is 0.461. The molecule has 10 nitrogen and oxygen atoms in total. The van der Waals surface area contributed by atoms with Crippen molar-refractivity contribution >= 4 is 11.4 Å². The van der Waals surface area contributed by atoms with Crippen LogP contribution in [0, 0.1) is 0 Å². The third-order valence-corrected chi connectivity index (χ3v) is 9.51. The van der Waals surface area contributed by atoms with Crippen molar-refractivity contribution in [2.45, 2.75) is 0 Å². The lowest BCUT2D eigenvalue weighted by molar-refractivity contribution is 0.379. The number of nitrogens with two attached hydrogens (primary N) is 2. The largest absolute Gasteiger partial charge is 0.453 e. The molecule has 0 unspecified atom stereocenters. The Labute approximate surface area is 369 Å². The minimum Gasteiger partial charge on any atom is -0.453 e. The van der Waals surface area contributed by atoms with Gasteiger partial charge in [0.25, 0.3) is 0 Å². The molecule has 0 amide bonds. The zero-order valence-electron chi connectivity index (χ0n) is 34.2. The van der Waals surface area contributed by atoms with Crippen LogP contribution in [0.15, 0.2) is 218 Å². The van der Waals surface area contributed by atoms with Crippen LogP contribution in [0.25, 0.3) is 0 Å². The third kappa shape index (κ3) is 9.78. The molecule has 9 aromatic carbocycles. The van der Waals surface area contributed by atoms with Crippen LogP contribution in [-0.4, -0.2) is 0 Å². The van der Waals surface area contributed by atoms with Crippen molar-refractivity contribution in [3.63, 3.8) is 0 Å². The highest BCUT2D eigenvalue weighted by atomic mass is 16.6. The predicted molar refractivity (Wildman–Crippen MR) is 247 cm³/mol. The Bertz CT molecular complexity index is 2830. The van der Waals surface area contributed by atoms with Gasteiger partial charge in [-0.25, -0.2) is 0 Å². The summed E-state index contributed by atoms with van der Waals surface area (Å²) in [7, 11) is 0. The molecular formula is C54H40N2O8. The maximum absolute atomic E-state index is 6.46. The highest BCUT2D eigenvalue weighted by Crippen LogP contribution is 2.45. The molecule has 0 atom stereocenters. The maximum atomic E-state index is 6.46. The minimum absolute atomic E-state index is 0.461. The van der Waals surface area contributed by atoms with Crippen LogP contribution < -0.4 is 49.4 Å². The first kappa shape index (κ1) is 40.4. The van der Waals surface area contributed by atoms with E-state index < -0.39 is 0 Å². The highest BCUT2D eigenvalue weighted by molar-refractivity contribution is 5.58. The normalized spacial score (nSPS) is 10.6. The van der Waals surface area contributed by atoms with Gasteiger partial charge in [-0.2, -0.15) is 0 Å². The first-order chi connectivity index (χ1) is 31.5. The monoisotopic (exact) mass is 844 g/mol. The van der Waals surface area contributed by atoms with Crippen LogP contribution in [0.2, 0.25) is 0 Å². The molecule has 9 aromatic rings. The average Bonchev–Trinajstić information content (AvgIpc) is 3.32. The fourth-order valence-corrected chi connectivity index (χ4v) is 6.43. The van der Waals surface area contributed by atoms with Crippen molar-refractivity contribution in [3.05, 3.63) is 218 Å². The van der Waals surface area contributed by atoms with Gasteiger partial charge in [0.1, 0.15) is 11.5 Å². The molecule has 0 aliphatic rings. The van der Waals surface area contributed by atoms with Gasteiger partial charge in [0.05, 0.1) is 11.4 Å². The lowest BCUT2D eigenvalue weighted by atomic mass is 10.2. The van der Waals surface area contributed by atoms with Gasteiger partial charge in [0.15, 0.2) is 80.5 Å². The van der Waals surface area contributed by atoms with Gasteiger partial charge in [0.2, 0.25) is 0 Å². The number of para-hydroxylation sites is 16. The highest BCUT2D eigenvalue weighted by Gasteiger charge is 2.17. The molecule has 0 saturated heterocycles. The van der Waals surface area contributed by atoms with E-state index in [1.807, 2.05) is 188 Å². The topological polar surface area (TPSA) is 126 Å². The molecule has 4 N–H and O–H groups in total. The second-order valence-corrected chi connectivity index (χ2v) is 14.0. The molecular weight excluding hydrogens is 805 g/mol. The van der Waals surface area contributed by atoms with Crippen LogP contribution in [0.1, 0.15) is 0 Å². The number of hydrogen-bond donors (Lipinski definition) is 2. The van der Waals surface area contributed by atoms with E-state index in [1.54, 1.807) is 30.3 Å². The lowest BCUT2D eigenvalue weighted by Crippen LogP contribution is -1.96. The van der Waals surface area contributed by atoms with Crippen molar-refractivity contribution in [2.24, 2.45) is 0 Å². The van der Waals surface area contributed by atoms with Crippen molar-refractivity contribution in [3.8, 4) is 92.0 Å². The Morgan fingerprint density at radius 1 is 0.188 bits per heavy atom. The summed E-state index contributed by atoms with van der Waals surface area (Å²) in [5, 5.41) is 0. The first-order valence-corrected chi connectivity index (χ1v) is 20.3. The summed E-state index contributed by atoms with van der Waals surface area (Å²) in [6, 6.07) is 66.1. The molecule has 0 saturated carbocycles. The molecule has 0 heterocycles. The zero-order valence-corrected chi connectivity index (χ0v) is 34.2. The molecule has 10 heteroatoms. The average molecular weight is 845 g/mol. The molecule has 0 aliphatic heterocycles. The molecule has 0 fully saturated rings. The van der Waals surface area contributed by atoms with Crippen molar-refractivity contribution in [2.75, 3.05) is 11.5 Å². The summed E-state index contributed by atoms with van der Waals surface area (Å²) in [5.74, 6) is 7.74. The SMILES string of the molecule is Nc1ccccc1Oc1ccccc1Oc1ccccc1Oc1ccccc1Oc1cccc(Oc2ccccc2Oc2ccccc2Oc2ccccc2Oc2ccccc2N)c1. The Balaban J connectivity index is 0.901. The molecule has 0 spiro atoms. The standard InChI is InChI=1S/C54H40N2O8/c55-39-20-1-3-22-41(39)59-47-28-9-11-30-49(47)63-53-34-15-13-32-51(53)61-45-26-7-5-24-43(45)57-37-18-17-19-38(36-37)58-44-25-6-8-27-46(44)62-52-33-14-16-35-54(52)64-50-31-12-10-29-48(50)60-42-23-4-2-21-40(42)56/h1-36H,55-56H2. The Morgan fingerprint density at radius 3 is 0.609 bits per heavy atom. The van der Waals surface area contributed by atoms with Crippen molar-refractivity contribution < 1.29 is 37.9 Å². The second-order valence-electron chi connectivity index (χ2n) is 14.0. The van der Waals surface area contributed by atoms with Crippen LogP contribution in [0.5, 0.6) is 92.0 Å².